The third-order valence-corrected chi connectivity index (χ3v) is 4.73. The van der Waals surface area contributed by atoms with Crippen LogP contribution in [-0.4, -0.2) is 52.1 Å². The zero-order valence-electron chi connectivity index (χ0n) is 13.8. The first-order chi connectivity index (χ1) is 10.8. The second kappa shape index (κ2) is 7.44. The summed E-state index contributed by atoms with van der Waals surface area (Å²) in [4.78, 5) is 2.40. The quantitative estimate of drug-likeness (QED) is 0.925. The van der Waals surface area contributed by atoms with Crippen molar-refractivity contribution in [3.63, 3.8) is 0 Å². The number of anilines is 1. The summed E-state index contributed by atoms with van der Waals surface area (Å²) in [6.45, 7) is 11.0. The van der Waals surface area contributed by atoms with Gasteiger partial charge in [0.2, 0.25) is 0 Å². The molecule has 122 valence electrons. The number of hydrogen-bond acceptors (Lipinski definition) is 4. The van der Waals surface area contributed by atoms with Crippen LogP contribution in [0.3, 0.4) is 0 Å². The van der Waals surface area contributed by atoms with E-state index in [1.54, 1.807) is 0 Å². The Morgan fingerprint density at radius 1 is 1.09 bits per heavy atom. The molecule has 22 heavy (non-hydrogen) atoms. The minimum absolute atomic E-state index is 0.281. The van der Waals surface area contributed by atoms with Crippen molar-refractivity contribution in [3.8, 4) is 0 Å². The monoisotopic (exact) mass is 304 g/mol. The van der Waals surface area contributed by atoms with E-state index >= 15 is 0 Å². The summed E-state index contributed by atoms with van der Waals surface area (Å²) in [5, 5.41) is 3.46. The number of ether oxygens (including phenoxy) is 2. The number of benzene rings is 1. The summed E-state index contributed by atoms with van der Waals surface area (Å²) in [5.74, 6) is 1.02. The summed E-state index contributed by atoms with van der Waals surface area (Å²) in [5.41, 5.74) is 2.69. The molecule has 2 unspecified atom stereocenters. The van der Waals surface area contributed by atoms with Gasteiger partial charge in [0, 0.05) is 37.8 Å². The van der Waals surface area contributed by atoms with Crippen LogP contribution < -0.4 is 10.2 Å². The predicted molar refractivity (Wildman–Crippen MR) is 89.7 cm³/mol. The van der Waals surface area contributed by atoms with E-state index in [1.807, 2.05) is 0 Å². The van der Waals surface area contributed by atoms with Crippen molar-refractivity contribution >= 4 is 5.69 Å². The molecular formula is C18H28N2O2. The second-order valence-electron chi connectivity index (χ2n) is 6.57. The van der Waals surface area contributed by atoms with Gasteiger partial charge in [0.25, 0.3) is 0 Å². The first-order valence-electron chi connectivity index (χ1n) is 8.50. The fourth-order valence-electron chi connectivity index (χ4n) is 3.57. The average molecular weight is 304 g/mol. The van der Waals surface area contributed by atoms with Gasteiger partial charge in [-0.15, -0.1) is 0 Å². The highest BCUT2D eigenvalue weighted by molar-refractivity contribution is 5.48. The van der Waals surface area contributed by atoms with Crippen LogP contribution in [0.15, 0.2) is 24.3 Å². The van der Waals surface area contributed by atoms with E-state index in [9.17, 15) is 0 Å². The van der Waals surface area contributed by atoms with Crippen LogP contribution in [0.2, 0.25) is 0 Å². The largest absolute Gasteiger partial charge is 0.378 e. The van der Waals surface area contributed by atoms with E-state index in [0.29, 0.717) is 11.8 Å². The Bertz CT molecular complexity index is 449. The zero-order chi connectivity index (χ0) is 15.4. The highest BCUT2D eigenvalue weighted by Gasteiger charge is 2.28. The molecule has 4 nitrogen and oxygen atoms in total. The lowest BCUT2D eigenvalue weighted by Gasteiger charge is -2.34. The lowest BCUT2D eigenvalue weighted by atomic mass is 9.83. The highest BCUT2D eigenvalue weighted by Crippen LogP contribution is 2.31. The standard InChI is InChI=1S/C18H28N2O2/c1-14(2)18(17-13-19-7-10-22-17)15-3-5-16(6-4-15)20-8-11-21-12-9-20/h3-6,14,17-19H,7-13H2,1-2H3. The Hall–Kier alpha value is -1.10. The summed E-state index contributed by atoms with van der Waals surface area (Å²) >= 11 is 0. The Kier molecular flexibility index (Phi) is 5.34. The van der Waals surface area contributed by atoms with Crippen molar-refractivity contribution in [1.82, 2.24) is 5.32 Å². The van der Waals surface area contributed by atoms with Crippen molar-refractivity contribution in [2.45, 2.75) is 25.9 Å². The van der Waals surface area contributed by atoms with Gasteiger partial charge in [-0.2, -0.15) is 0 Å². The van der Waals surface area contributed by atoms with Crippen LogP contribution in [0.4, 0.5) is 5.69 Å². The maximum atomic E-state index is 6.01. The Morgan fingerprint density at radius 3 is 2.41 bits per heavy atom. The Morgan fingerprint density at radius 2 is 1.82 bits per heavy atom. The molecule has 2 heterocycles. The molecular weight excluding hydrogens is 276 g/mol. The molecule has 1 aromatic rings. The molecule has 4 heteroatoms. The maximum Gasteiger partial charge on any atom is 0.0770 e. The molecule has 0 spiro atoms. The van der Waals surface area contributed by atoms with E-state index < -0.39 is 0 Å². The molecule has 0 radical (unpaired) electrons. The average Bonchev–Trinajstić information content (AvgIpc) is 2.57. The van der Waals surface area contributed by atoms with Gasteiger partial charge >= 0.3 is 0 Å². The minimum atomic E-state index is 0.281. The maximum absolute atomic E-state index is 6.01. The fraction of sp³-hybridized carbons (Fsp3) is 0.667. The van der Waals surface area contributed by atoms with Crippen LogP contribution in [-0.2, 0) is 9.47 Å². The zero-order valence-corrected chi connectivity index (χ0v) is 13.8. The van der Waals surface area contributed by atoms with Gasteiger partial charge in [0.15, 0.2) is 0 Å². The van der Waals surface area contributed by atoms with Gasteiger partial charge in [0.05, 0.1) is 25.9 Å². The van der Waals surface area contributed by atoms with Crippen molar-refractivity contribution in [2.24, 2.45) is 5.92 Å². The van der Waals surface area contributed by atoms with E-state index in [1.165, 1.54) is 11.3 Å². The van der Waals surface area contributed by atoms with Crippen LogP contribution in [0.25, 0.3) is 0 Å². The van der Waals surface area contributed by atoms with Gasteiger partial charge in [-0.25, -0.2) is 0 Å². The second-order valence-corrected chi connectivity index (χ2v) is 6.57. The fourth-order valence-corrected chi connectivity index (χ4v) is 3.57. The Labute approximate surface area is 133 Å². The molecule has 2 fully saturated rings. The van der Waals surface area contributed by atoms with Crippen LogP contribution in [0.1, 0.15) is 25.3 Å². The summed E-state index contributed by atoms with van der Waals surface area (Å²) in [7, 11) is 0. The topological polar surface area (TPSA) is 33.7 Å². The number of morpholine rings is 2. The summed E-state index contributed by atoms with van der Waals surface area (Å²) in [6.07, 6.45) is 0.281. The lowest BCUT2D eigenvalue weighted by Crippen LogP contribution is -2.43. The Balaban J connectivity index is 1.73. The number of nitrogens with one attached hydrogen (secondary N) is 1. The lowest BCUT2D eigenvalue weighted by molar-refractivity contribution is 0.00142. The molecule has 0 aromatic heterocycles. The first-order valence-corrected chi connectivity index (χ1v) is 8.50. The third-order valence-electron chi connectivity index (χ3n) is 4.73. The molecule has 2 saturated heterocycles. The van der Waals surface area contributed by atoms with Gasteiger partial charge in [-0.3, -0.25) is 0 Å². The molecule has 2 aliphatic heterocycles. The third kappa shape index (κ3) is 3.62. The molecule has 0 amide bonds. The van der Waals surface area contributed by atoms with Gasteiger partial charge in [-0.1, -0.05) is 26.0 Å². The van der Waals surface area contributed by atoms with Crippen molar-refractivity contribution in [3.05, 3.63) is 29.8 Å². The highest BCUT2D eigenvalue weighted by atomic mass is 16.5. The van der Waals surface area contributed by atoms with Crippen LogP contribution >= 0.6 is 0 Å². The first kappa shape index (κ1) is 15.8. The van der Waals surface area contributed by atoms with E-state index in [0.717, 1.165) is 46.0 Å². The minimum Gasteiger partial charge on any atom is -0.378 e. The normalized spacial score (nSPS) is 24.5. The number of rotatable bonds is 4. The van der Waals surface area contributed by atoms with Crippen molar-refractivity contribution in [1.29, 1.82) is 0 Å². The molecule has 0 saturated carbocycles. The molecule has 0 bridgehead atoms. The van der Waals surface area contributed by atoms with Crippen molar-refractivity contribution < 1.29 is 9.47 Å². The van der Waals surface area contributed by atoms with Gasteiger partial charge in [-0.05, 0) is 23.6 Å². The molecule has 0 aliphatic carbocycles. The molecule has 2 atom stereocenters. The number of hydrogen-bond donors (Lipinski definition) is 1. The smallest absolute Gasteiger partial charge is 0.0770 e. The molecule has 1 N–H and O–H groups in total. The van der Waals surface area contributed by atoms with Crippen LogP contribution in [0.5, 0.6) is 0 Å². The van der Waals surface area contributed by atoms with Gasteiger partial charge < -0.3 is 19.7 Å². The van der Waals surface area contributed by atoms with Crippen molar-refractivity contribution in [2.75, 3.05) is 50.9 Å². The summed E-state index contributed by atoms with van der Waals surface area (Å²) in [6, 6.07) is 9.08. The molecule has 2 aliphatic rings. The SMILES string of the molecule is CC(C)C(c1ccc(N2CCOCC2)cc1)C1CNCCO1. The van der Waals surface area contributed by atoms with E-state index in [-0.39, 0.29) is 6.10 Å². The van der Waals surface area contributed by atoms with Gasteiger partial charge in [0.1, 0.15) is 0 Å². The predicted octanol–water partition coefficient (Wildman–Crippen LogP) is 2.25. The van der Waals surface area contributed by atoms with E-state index in [4.69, 9.17) is 9.47 Å². The summed E-state index contributed by atoms with van der Waals surface area (Å²) < 4.78 is 11.4. The molecule has 3 rings (SSSR count). The van der Waals surface area contributed by atoms with Crippen LogP contribution in [0, 0.1) is 5.92 Å². The van der Waals surface area contributed by atoms with E-state index in [2.05, 4.69) is 48.3 Å². The number of nitrogens with zero attached hydrogens (tertiary/aromatic N) is 1. The molecule has 1 aromatic carbocycles.